The number of nitrogens with zero attached hydrogens (tertiary/aromatic N) is 1. The number of rotatable bonds is 4. The van der Waals surface area contributed by atoms with Crippen LogP contribution in [-0.4, -0.2) is 34.7 Å². The normalized spacial score (nSPS) is 13.2. The smallest absolute Gasteiger partial charge is 0.410 e. The number of ether oxygens (including phenoxy) is 1. The van der Waals surface area contributed by atoms with Gasteiger partial charge in [0.15, 0.2) is 0 Å². The van der Waals surface area contributed by atoms with Gasteiger partial charge >= 0.3 is 6.09 Å². The van der Waals surface area contributed by atoms with Crippen molar-refractivity contribution in [1.29, 1.82) is 0 Å². The average Bonchev–Trinajstić information content (AvgIpc) is 2.38. The van der Waals surface area contributed by atoms with E-state index in [9.17, 15) is 9.59 Å². The summed E-state index contributed by atoms with van der Waals surface area (Å²) in [6, 6.07) is 3.51. The average molecular weight is 292 g/mol. The second kappa shape index (κ2) is 7.11. The second-order valence-electron chi connectivity index (χ2n) is 6.03. The Morgan fingerprint density at radius 3 is 2.71 bits per heavy atom. The first-order valence-electron chi connectivity index (χ1n) is 7.01. The maximum absolute atomic E-state index is 11.9. The lowest BCUT2D eigenvalue weighted by Gasteiger charge is -2.28. The number of hydrogen-bond donors (Lipinski definition) is 1. The number of aromatic nitrogens is 1. The number of pyridine rings is 1. The van der Waals surface area contributed by atoms with Crippen LogP contribution in [0.1, 0.15) is 39.7 Å². The molecule has 0 aliphatic heterocycles. The number of nitrogens with one attached hydrogen (secondary N) is 1. The maximum atomic E-state index is 11.9. The van der Waals surface area contributed by atoms with Crippen molar-refractivity contribution in [3.05, 3.63) is 40.3 Å². The molecule has 1 unspecified atom stereocenters. The lowest BCUT2D eigenvalue weighted by molar-refractivity contribution is 0.0238. The van der Waals surface area contributed by atoms with E-state index in [0.29, 0.717) is 12.0 Å². The third-order valence-electron chi connectivity index (χ3n) is 2.97. The van der Waals surface area contributed by atoms with E-state index < -0.39 is 5.60 Å². The zero-order valence-electron chi connectivity index (χ0n) is 13.3. The summed E-state index contributed by atoms with van der Waals surface area (Å²) in [5.41, 5.74) is -0.0235. The molecule has 21 heavy (non-hydrogen) atoms. The predicted molar refractivity (Wildman–Crippen MR) is 84.2 cm³/mol. The van der Waals surface area contributed by atoms with Gasteiger partial charge in [-0.1, -0.05) is 12.2 Å². The molecule has 0 aromatic carbocycles. The van der Waals surface area contributed by atoms with Crippen LogP contribution in [0.25, 0.3) is 6.08 Å². The number of hydrogen-bond acceptors (Lipinski definition) is 3. The van der Waals surface area contributed by atoms with Crippen LogP contribution in [0.4, 0.5) is 4.79 Å². The Balaban J connectivity index is 2.57. The van der Waals surface area contributed by atoms with E-state index >= 15 is 0 Å². The fourth-order valence-electron chi connectivity index (χ4n) is 1.63. The zero-order valence-corrected chi connectivity index (χ0v) is 13.3. The number of H-pyrrole nitrogens is 1. The fraction of sp³-hybridized carbons (Fsp3) is 0.500. The Kier molecular flexibility index (Phi) is 5.76. The quantitative estimate of drug-likeness (QED) is 0.927. The molecule has 0 fully saturated rings. The van der Waals surface area contributed by atoms with E-state index in [-0.39, 0.29) is 17.7 Å². The topological polar surface area (TPSA) is 62.4 Å². The Morgan fingerprint density at radius 1 is 1.48 bits per heavy atom. The Bertz CT molecular complexity index is 555. The van der Waals surface area contributed by atoms with Crippen molar-refractivity contribution in [2.45, 2.75) is 45.8 Å². The molecule has 0 spiro atoms. The van der Waals surface area contributed by atoms with E-state index in [1.54, 1.807) is 36.4 Å². The maximum Gasteiger partial charge on any atom is 0.410 e. The van der Waals surface area contributed by atoms with E-state index in [0.717, 1.165) is 0 Å². The largest absolute Gasteiger partial charge is 0.444 e. The first kappa shape index (κ1) is 17.0. The zero-order chi connectivity index (χ0) is 16.0. The molecule has 1 heterocycles. The first-order valence-corrected chi connectivity index (χ1v) is 7.01. The molecular formula is C16H24N2O3. The molecule has 1 N–H and O–H groups in total. The molecule has 0 saturated heterocycles. The summed E-state index contributed by atoms with van der Waals surface area (Å²) in [4.78, 5) is 27.6. The highest BCUT2D eigenvalue weighted by molar-refractivity contribution is 5.68. The molecule has 5 heteroatoms. The summed E-state index contributed by atoms with van der Waals surface area (Å²) in [7, 11) is 1.71. The van der Waals surface area contributed by atoms with E-state index in [4.69, 9.17) is 4.74 Å². The standard InChI is InChI=1S/C16H24N2O3/c1-12(18(5)15(20)21-16(2,3)4)8-6-9-13-10-7-11-17-14(13)19/h6-7,9-12H,8H2,1-5H3,(H,17,19)/b9-6+. The summed E-state index contributed by atoms with van der Waals surface area (Å²) in [5.74, 6) is 0. The van der Waals surface area contributed by atoms with Gasteiger partial charge in [0.05, 0.1) is 0 Å². The van der Waals surface area contributed by atoms with E-state index in [2.05, 4.69) is 4.98 Å². The molecule has 0 radical (unpaired) electrons. The third kappa shape index (κ3) is 5.85. The molecule has 5 nitrogen and oxygen atoms in total. The molecular weight excluding hydrogens is 268 g/mol. The predicted octanol–water partition coefficient (Wildman–Crippen LogP) is 3.03. The summed E-state index contributed by atoms with van der Waals surface area (Å²) in [6.45, 7) is 7.45. The number of amides is 1. The minimum atomic E-state index is -0.502. The lowest BCUT2D eigenvalue weighted by Crippen LogP contribution is -2.39. The highest BCUT2D eigenvalue weighted by Crippen LogP contribution is 2.12. The van der Waals surface area contributed by atoms with Crippen molar-refractivity contribution in [2.75, 3.05) is 7.05 Å². The highest BCUT2D eigenvalue weighted by atomic mass is 16.6. The highest BCUT2D eigenvalue weighted by Gasteiger charge is 2.22. The molecule has 1 rings (SSSR count). The van der Waals surface area contributed by atoms with Gasteiger partial charge < -0.3 is 14.6 Å². The van der Waals surface area contributed by atoms with Crippen LogP contribution in [-0.2, 0) is 4.74 Å². The summed E-state index contributed by atoms with van der Waals surface area (Å²) in [5, 5.41) is 0. The third-order valence-corrected chi connectivity index (χ3v) is 2.97. The van der Waals surface area contributed by atoms with Gasteiger partial charge in [0, 0.05) is 24.8 Å². The minimum absolute atomic E-state index is 0.0149. The molecule has 1 aromatic heterocycles. The van der Waals surface area contributed by atoms with Gasteiger partial charge in [-0.25, -0.2) is 4.79 Å². The van der Waals surface area contributed by atoms with Crippen LogP contribution >= 0.6 is 0 Å². The molecule has 0 saturated carbocycles. The Hall–Kier alpha value is -2.04. The van der Waals surface area contributed by atoms with Crippen molar-refractivity contribution in [3.8, 4) is 0 Å². The van der Waals surface area contributed by atoms with Crippen LogP contribution in [0.15, 0.2) is 29.2 Å². The van der Waals surface area contributed by atoms with Crippen molar-refractivity contribution in [1.82, 2.24) is 9.88 Å². The monoisotopic (exact) mass is 292 g/mol. The van der Waals surface area contributed by atoms with E-state index in [1.807, 2.05) is 33.8 Å². The fourth-order valence-corrected chi connectivity index (χ4v) is 1.63. The first-order chi connectivity index (χ1) is 9.70. The van der Waals surface area contributed by atoms with Crippen LogP contribution in [0.5, 0.6) is 0 Å². The van der Waals surface area contributed by atoms with Crippen LogP contribution in [0, 0.1) is 0 Å². The van der Waals surface area contributed by atoms with Crippen LogP contribution in [0.3, 0.4) is 0 Å². The summed E-state index contributed by atoms with van der Waals surface area (Å²) in [6.07, 6.45) is 5.54. The van der Waals surface area contributed by atoms with Gasteiger partial charge in [-0.2, -0.15) is 0 Å². The molecule has 0 aliphatic carbocycles. The van der Waals surface area contributed by atoms with Gasteiger partial charge in [0.2, 0.25) is 0 Å². The number of aromatic amines is 1. The van der Waals surface area contributed by atoms with Crippen molar-refractivity contribution >= 4 is 12.2 Å². The molecule has 0 aliphatic rings. The van der Waals surface area contributed by atoms with Gasteiger partial charge in [-0.3, -0.25) is 4.79 Å². The summed E-state index contributed by atoms with van der Waals surface area (Å²) < 4.78 is 5.31. The SMILES string of the molecule is CC(C/C=C/c1ccc[nH]c1=O)N(C)C(=O)OC(C)(C)C. The van der Waals surface area contributed by atoms with Gasteiger partial charge in [-0.15, -0.1) is 0 Å². The van der Waals surface area contributed by atoms with Gasteiger partial charge in [-0.05, 0) is 46.2 Å². The van der Waals surface area contributed by atoms with Crippen LogP contribution < -0.4 is 5.56 Å². The number of carbonyl (C=O) groups is 1. The molecule has 1 aromatic rings. The Morgan fingerprint density at radius 2 is 2.14 bits per heavy atom. The number of carbonyl (C=O) groups excluding carboxylic acids is 1. The van der Waals surface area contributed by atoms with Crippen molar-refractivity contribution in [3.63, 3.8) is 0 Å². The minimum Gasteiger partial charge on any atom is -0.444 e. The van der Waals surface area contributed by atoms with E-state index in [1.165, 1.54) is 0 Å². The summed E-state index contributed by atoms with van der Waals surface area (Å²) >= 11 is 0. The van der Waals surface area contributed by atoms with Crippen molar-refractivity contribution in [2.24, 2.45) is 0 Å². The molecule has 1 atom stereocenters. The van der Waals surface area contributed by atoms with Crippen molar-refractivity contribution < 1.29 is 9.53 Å². The lowest BCUT2D eigenvalue weighted by atomic mass is 10.1. The second-order valence-corrected chi connectivity index (χ2v) is 6.03. The van der Waals surface area contributed by atoms with Crippen LogP contribution in [0.2, 0.25) is 0 Å². The molecule has 0 bridgehead atoms. The molecule has 116 valence electrons. The van der Waals surface area contributed by atoms with Gasteiger partial charge in [0.25, 0.3) is 5.56 Å². The van der Waals surface area contributed by atoms with Gasteiger partial charge in [0.1, 0.15) is 5.60 Å². The Labute approximate surface area is 125 Å². The molecule has 1 amide bonds.